The van der Waals surface area contributed by atoms with Crippen molar-refractivity contribution >= 4 is 10.1 Å². The Hall–Kier alpha value is 0.467. The largest absolute Gasteiger partial charge is 1.00 e. The van der Waals surface area contributed by atoms with Crippen LogP contribution in [0.2, 0.25) is 0 Å². The molecule has 0 fully saturated rings. The van der Waals surface area contributed by atoms with Gasteiger partial charge in [0.15, 0.2) is 0 Å². The van der Waals surface area contributed by atoms with Crippen molar-refractivity contribution in [3.63, 3.8) is 0 Å². The summed E-state index contributed by atoms with van der Waals surface area (Å²) >= 11 is 0. The van der Waals surface area contributed by atoms with Crippen molar-refractivity contribution in [1.82, 2.24) is 0 Å². The first-order chi connectivity index (χ1) is 4.06. The number of methoxy groups -OCH3 is 1. The van der Waals surface area contributed by atoms with E-state index >= 15 is 0 Å². The van der Waals surface area contributed by atoms with E-state index in [1.54, 1.807) is 0 Å². The minimum atomic E-state index is -4.03. The molecule has 0 aromatic carbocycles. The molecule has 0 bridgehead atoms. The summed E-state index contributed by atoms with van der Waals surface area (Å²) in [5.74, 6) is -0.332. The molecule has 10 heavy (non-hydrogen) atoms. The van der Waals surface area contributed by atoms with E-state index in [9.17, 15) is 13.0 Å². The number of hydrogen-bond donors (Lipinski definition) is 0. The van der Waals surface area contributed by atoms with E-state index in [2.05, 4.69) is 4.74 Å². The SMILES string of the molecule is COCCCS(=O)(=O)[O-].[Li+]. The second-order valence-electron chi connectivity index (χ2n) is 1.61. The summed E-state index contributed by atoms with van der Waals surface area (Å²) < 4.78 is 34.2. The van der Waals surface area contributed by atoms with Gasteiger partial charge in [-0.25, -0.2) is 8.42 Å². The molecule has 0 heterocycles. The Kier molecular flexibility index (Phi) is 8.11. The average molecular weight is 160 g/mol. The van der Waals surface area contributed by atoms with Gasteiger partial charge >= 0.3 is 18.9 Å². The van der Waals surface area contributed by atoms with Crippen LogP contribution in [0.3, 0.4) is 0 Å². The maximum absolute atomic E-state index is 9.89. The molecule has 0 amide bonds. The molecule has 0 aliphatic carbocycles. The zero-order chi connectivity index (χ0) is 7.33. The molecule has 0 spiro atoms. The normalized spacial score (nSPS) is 10.6. The summed E-state index contributed by atoms with van der Waals surface area (Å²) in [4.78, 5) is 0. The van der Waals surface area contributed by atoms with Gasteiger partial charge in [0.1, 0.15) is 0 Å². The van der Waals surface area contributed by atoms with Crippen molar-refractivity contribution in [2.75, 3.05) is 19.5 Å². The summed E-state index contributed by atoms with van der Waals surface area (Å²) in [5, 5.41) is 0. The molecule has 56 valence electrons. The Balaban J connectivity index is 0. The van der Waals surface area contributed by atoms with E-state index < -0.39 is 10.1 Å². The molecule has 0 N–H and O–H groups in total. The molecule has 6 heteroatoms. The van der Waals surface area contributed by atoms with Crippen molar-refractivity contribution in [2.24, 2.45) is 0 Å². The van der Waals surface area contributed by atoms with Crippen molar-refractivity contribution < 1.29 is 36.6 Å². The standard InChI is InChI=1S/C4H10O4S.Li/c1-8-3-2-4-9(5,6)7;/h2-4H2,1H3,(H,5,6,7);/q;+1/p-1. The van der Waals surface area contributed by atoms with Gasteiger partial charge in [-0.05, 0) is 6.42 Å². The van der Waals surface area contributed by atoms with Crippen LogP contribution in [-0.2, 0) is 14.9 Å². The zero-order valence-corrected chi connectivity index (χ0v) is 6.98. The molecule has 0 rings (SSSR count). The Bertz CT molecular complexity index is 153. The Morgan fingerprint density at radius 1 is 1.50 bits per heavy atom. The van der Waals surface area contributed by atoms with Crippen molar-refractivity contribution in [3.05, 3.63) is 0 Å². The molecule has 0 atom stereocenters. The smallest absolute Gasteiger partial charge is 0.748 e. The minimum absolute atomic E-state index is 0. The molecule has 0 aromatic rings. The van der Waals surface area contributed by atoms with Crippen LogP contribution < -0.4 is 18.9 Å². The molecule has 4 nitrogen and oxygen atoms in total. The first-order valence-electron chi connectivity index (χ1n) is 2.49. The monoisotopic (exact) mass is 160 g/mol. The van der Waals surface area contributed by atoms with E-state index in [1.165, 1.54) is 7.11 Å². The second kappa shape index (κ2) is 6.20. The maximum Gasteiger partial charge on any atom is 1.00 e. The third-order valence-electron chi connectivity index (χ3n) is 0.743. The van der Waals surface area contributed by atoms with E-state index in [4.69, 9.17) is 0 Å². The van der Waals surface area contributed by atoms with E-state index in [-0.39, 0.29) is 31.0 Å². The van der Waals surface area contributed by atoms with E-state index in [0.29, 0.717) is 6.61 Å². The van der Waals surface area contributed by atoms with Gasteiger partial charge in [-0.15, -0.1) is 0 Å². The topological polar surface area (TPSA) is 66.4 Å². The minimum Gasteiger partial charge on any atom is -0.748 e. The molecule has 0 radical (unpaired) electrons. The predicted octanol–water partition coefficient (Wildman–Crippen LogP) is -3.43. The van der Waals surface area contributed by atoms with Gasteiger partial charge in [0, 0.05) is 19.5 Å². The summed E-state index contributed by atoms with van der Waals surface area (Å²) in [6, 6.07) is 0. The van der Waals surface area contributed by atoms with Crippen molar-refractivity contribution in [3.8, 4) is 0 Å². The van der Waals surface area contributed by atoms with Gasteiger partial charge in [0.25, 0.3) is 0 Å². The van der Waals surface area contributed by atoms with Crippen LogP contribution in [0.15, 0.2) is 0 Å². The van der Waals surface area contributed by atoms with E-state index in [1.807, 2.05) is 0 Å². The fourth-order valence-corrected chi connectivity index (χ4v) is 0.851. The van der Waals surface area contributed by atoms with Crippen LogP contribution in [0.5, 0.6) is 0 Å². The predicted molar refractivity (Wildman–Crippen MR) is 31.1 cm³/mol. The molecule has 0 aliphatic heterocycles. The van der Waals surface area contributed by atoms with Crippen LogP contribution in [-0.4, -0.2) is 32.4 Å². The van der Waals surface area contributed by atoms with E-state index in [0.717, 1.165) is 0 Å². The number of hydrogen-bond acceptors (Lipinski definition) is 4. The van der Waals surface area contributed by atoms with Crippen molar-refractivity contribution in [2.45, 2.75) is 6.42 Å². The average Bonchev–Trinajstić information content (AvgIpc) is 1.63. The van der Waals surface area contributed by atoms with Gasteiger partial charge in [-0.1, -0.05) is 0 Å². The second-order valence-corrected chi connectivity index (χ2v) is 3.13. The van der Waals surface area contributed by atoms with Crippen LogP contribution in [0, 0.1) is 0 Å². The first kappa shape index (κ1) is 13.1. The molecule has 0 aromatic heterocycles. The molecular formula is C4H9LiO4S. The number of rotatable bonds is 4. The molecular weight excluding hydrogens is 151 g/mol. The van der Waals surface area contributed by atoms with Crippen LogP contribution in [0.1, 0.15) is 6.42 Å². The molecule has 0 unspecified atom stereocenters. The zero-order valence-electron chi connectivity index (χ0n) is 6.16. The van der Waals surface area contributed by atoms with Crippen LogP contribution >= 0.6 is 0 Å². The third kappa shape index (κ3) is 11.3. The summed E-state index contributed by atoms with van der Waals surface area (Å²) in [5.41, 5.74) is 0. The van der Waals surface area contributed by atoms with Gasteiger partial charge in [-0.2, -0.15) is 0 Å². The maximum atomic E-state index is 9.89. The fraction of sp³-hybridized carbons (Fsp3) is 1.00. The summed E-state index contributed by atoms with van der Waals surface area (Å²) in [6.07, 6.45) is 0.280. The quantitative estimate of drug-likeness (QED) is 0.244. The van der Waals surface area contributed by atoms with Crippen LogP contribution in [0.4, 0.5) is 0 Å². The van der Waals surface area contributed by atoms with Gasteiger partial charge in [-0.3, -0.25) is 0 Å². The first-order valence-corrected chi connectivity index (χ1v) is 4.06. The summed E-state index contributed by atoms with van der Waals surface area (Å²) in [6.45, 7) is 0.321. The Morgan fingerprint density at radius 3 is 2.30 bits per heavy atom. The molecule has 0 aliphatic rings. The third-order valence-corrected chi connectivity index (χ3v) is 1.53. The fourth-order valence-electron chi connectivity index (χ4n) is 0.380. The van der Waals surface area contributed by atoms with Gasteiger partial charge in [0.2, 0.25) is 0 Å². The van der Waals surface area contributed by atoms with Crippen molar-refractivity contribution in [1.29, 1.82) is 0 Å². The van der Waals surface area contributed by atoms with Gasteiger partial charge < -0.3 is 9.29 Å². The van der Waals surface area contributed by atoms with Gasteiger partial charge in [0.05, 0.1) is 10.1 Å². The Labute approximate surface area is 72.9 Å². The summed E-state index contributed by atoms with van der Waals surface area (Å²) in [7, 11) is -2.57. The number of ether oxygens (including phenoxy) is 1. The Morgan fingerprint density at radius 2 is 2.00 bits per heavy atom. The molecule has 0 saturated carbocycles. The van der Waals surface area contributed by atoms with Crippen LogP contribution in [0.25, 0.3) is 0 Å². The molecule has 0 saturated heterocycles.